The molecule has 0 aliphatic rings. The van der Waals surface area contributed by atoms with Gasteiger partial charge in [-0.3, -0.25) is 9.36 Å². The van der Waals surface area contributed by atoms with Crippen LogP contribution in [0.2, 0.25) is 0 Å². The highest BCUT2D eigenvalue weighted by Gasteiger charge is 2.23. The van der Waals surface area contributed by atoms with E-state index >= 15 is 0 Å². The summed E-state index contributed by atoms with van der Waals surface area (Å²) in [4.78, 5) is 25.3. The quantitative estimate of drug-likeness (QED) is 0.0273. The minimum atomic E-state index is -4.63. The fraction of sp³-hybridized carbons (Fsp3) is 0.534. The number of hydrogen-bond donors (Lipinski definition) is 2. The van der Waals surface area contributed by atoms with Gasteiger partial charge in [-0.15, -0.1) is 0 Å². The normalized spacial score (nSPS) is 15.4. The van der Waals surface area contributed by atoms with Crippen molar-refractivity contribution in [1.29, 1.82) is 0 Å². The van der Waals surface area contributed by atoms with Crippen molar-refractivity contribution < 1.29 is 32.9 Å². The van der Waals surface area contributed by atoms with Crippen molar-refractivity contribution in [2.75, 3.05) is 40.9 Å². The van der Waals surface area contributed by atoms with Crippen molar-refractivity contribution in [3.05, 3.63) is 158 Å². The Balaban J connectivity index is 4.38. The van der Waals surface area contributed by atoms with Gasteiger partial charge in [-0.25, -0.2) is 0 Å². The maximum Gasteiger partial charge on any atom is 0.268 e. The first-order chi connectivity index (χ1) is 32.5. The zero-order chi connectivity index (χ0) is 49.2. The van der Waals surface area contributed by atoms with E-state index in [1.807, 2.05) is 27.2 Å². The molecule has 0 saturated carbocycles. The lowest BCUT2D eigenvalue weighted by Crippen LogP contribution is -2.45. The lowest BCUT2D eigenvalue weighted by atomic mass is 10.1. The summed E-state index contributed by atoms with van der Waals surface area (Å²) in [6, 6.07) is -0.944. The van der Waals surface area contributed by atoms with Crippen LogP contribution in [0.4, 0.5) is 0 Å². The summed E-state index contributed by atoms with van der Waals surface area (Å²) in [6.45, 7) is 4.37. The molecule has 0 rings (SSSR count). The molecule has 0 bridgehead atoms. The number of nitrogens with one attached hydrogen (secondary N) is 1. The molecule has 0 heterocycles. The number of unbranched alkanes of at least 4 members (excludes halogenated alkanes) is 6. The molecular weight excluding hydrogens is 852 g/mol. The monoisotopic (exact) mass is 945 g/mol. The SMILES string of the molecule is CC/C=C\C/C=C\C/C=C\C/C=C\C/C=C\C/C=C\C/C=C\C/C=C\C/C=C\C/C=C\CCCCC(=O)NC(COP(=O)([O-])OCC[N+](C)(C)C)C(O)/C=C/CC/C=C/CC/C=C/CCCC. The minimum Gasteiger partial charge on any atom is -0.756 e. The molecule has 0 fully saturated rings. The molecule has 3 atom stereocenters. The second kappa shape index (κ2) is 47.2. The van der Waals surface area contributed by atoms with Crippen LogP contribution < -0.4 is 10.2 Å². The standard InChI is InChI=1S/C58H93N2O6P/c1-6-8-10-12-14-16-18-20-21-22-23-24-25-26-27-28-29-30-31-32-33-34-35-36-37-38-39-40-42-44-46-48-50-52-58(62)59-56(55-66-67(63,64)65-54-53-60(3,4)5)57(61)51-49-47-45-43-41-19-17-15-13-11-9-7-2/h8,10,13-16,20-21,23-24,26-27,29-30,32-33,35-36,38-39,41-44,49,51,56-57,61H,6-7,9,11-12,17-19,22,25,28,31,34,37,40,45-48,50,52-55H2,1-5H3,(H-,59,62,63,64)/b10-8-,15-13+,16-14-,21-20-,24-23-,27-26-,30-29-,33-32-,36-35-,39-38-,43-41+,44-42-,51-49+. The Labute approximate surface area is 410 Å². The maximum absolute atomic E-state index is 12.9. The Morgan fingerprint density at radius 3 is 1.33 bits per heavy atom. The van der Waals surface area contributed by atoms with Gasteiger partial charge < -0.3 is 28.8 Å². The number of aliphatic hydroxyl groups excluding tert-OH is 1. The highest BCUT2D eigenvalue weighted by molar-refractivity contribution is 7.45. The average molecular weight is 945 g/mol. The Morgan fingerprint density at radius 1 is 0.537 bits per heavy atom. The molecule has 1 amide bonds. The summed E-state index contributed by atoms with van der Waals surface area (Å²) in [5, 5.41) is 13.7. The van der Waals surface area contributed by atoms with Crippen LogP contribution in [0.1, 0.15) is 149 Å². The molecule has 67 heavy (non-hydrogen) atoms. The van der Waals surface area contributed by atoms with Crippen molar-refractivity contribution in [3.63, 3.8) is 0 Å². The molecule has 9 heteroatoms. The fourth-order valence-corrected chi connectivity index (χ4v) is 6.68. The molecule has 0 radical (unpaired) electrons. The van der Waals surface area contributed by atoms with Gasteiger partial charge in [0.15, 0.2) is 0 Å². The van der Waals surface area contributed by atoms with Crippen LogP contribution in [0.3, 0.4) is 0 Å². The van der Waals surface area contributed by atoms with Crippen molar-refractivity contribution in [2.24, 2.45) is 0 Å². The first kappa shape index (κ1) is 63.1. The lowest BCUT2D eigenvalue weighted by Gasteiger charge is -2.29. The molecule has 376 valence electrons. The molecule has 0 aromatic carbocycles. The summed E-state index contributed by atoms with van der Waals surface area (Å²) in [5.41, 5.74) is 0. The molecule has 3 unspecified atom stereocenters. The zero-order valence-electron chi connectivity index (χ0n) is 42.5. The van der Waals surface area contributed by atoms with Crippen molar-refractivity contribution >= 4 is 13.7 Å². The third-order valence-corrected chi connectivity index (χ3v) is 10.9. The highest BCUT2D eigenvalue weighted by atomic mass is 31.2. The number of aliphatic hydroxyl groups is 1. The summed E-state index contributed by atoms with van der Waals surface area (Å²) in [5.74, 6) is -0.264. The molecule has 0 spiro atoms. The smallest absolute Gasteiger partial charge is 0.268 e. The van der Waals surface area contributed by atoms with E-state index in [0.29, 0.717) is 23.9 Å². The zero-order valence-corrected chi connectivity index (χ0v) is 43.4. The first-order valence-corrected chi connectivity index (χ1v) is 26.8. The first-order valence-electron chi connectivity index (χ1n) is 25.3. The predicted octanol–water partition coefficient (Wildman–Crippen LogP) is 14.5. The van der Waals surface area contributed by atoms with E-state index in [4.69, 9.17) is 9.05 Å². The van der Waals surface area contributed by atoms with E-state index in [1.165, 1.54) is 12.8 Å². The number of carbonyl (C=O) groups excluding carboxylic acids is 1. The Bertz CT molecular complexity index is 1640. The summed E-state index contributed by atoms with van der Waals surface area (Å²) in [7, 11) is 1.17. The van der Waals surface area contributed by atoms with E-state index in [-0.39, 0.29) is 18.9 Å². The van der Waals surface area contributed by atoms with Crippen LogP contribution in [0.5, 0.6) is 0 Å². The number of carbonyl (C=O) groups is 1. The van der Waals surface area contributed by atoms with Crippen LogP contribution >= 0.6 is 7.82 Å². The van der Waals surface area contributed by atoms with Crippen LogP contribution in [0, 0.1) is 0 Å². The number of phosphoric ester groups is 1. The van der Waals surface area contributed by atoms with Gasteiger partial charge in [0.2, 0.25) is 5.91 Å². The summed E-state index contributed by atoms with van der Waals surface area (Å²) >= 11 is 0. The number of hydrogen-bond acceptors (Lipinski definition) is 6. The van der Waals surface area contributed by atoms with E-state index in [1.54, 1.807) is 6.08 Å². The molecular formula is C58H93N2O6P. The van der Waals surface area contributed by atoms with E-state index < -0.39 is 26.6 Å². The Kier molecular flexibility index (Phi) is 44.5. The average Bonchev–Trinajstić information content (AvgIpc) is 3.29. The van der Waals surface area contributed by atoms with E-state index in [2.05, 4.69) is 165 Å². The number of quaternary nitrogens is 1. The van der Waals surface area contributed by atoms with Gasteiger partial charge in [-0.1, -0.05) is 185 Å². The topological polar surface area (TPSA) is 108 Å². The van der Waals surface area contributed by atoms with Crippen LogP contribution in [-0.4, -0.2) is 68.5 Å². The van der Waals surface area contributed by atoms with Gasteiger partial charge >= 0.3 is 0 Å². The highest BCUT2D eigenvalue weighted by Crippen LogP contribution is 2.38. The number of phosphoric acid groups is 1. The van der Waals surface area contributed by atoms with Gasteiger partial charge in [0.25, 0.3) is 7.82 Å². The number of likely N-dealkylation sites (N-methyl/N-ethyl adjacent to an activating group) is 1. The molecule has 8 nitrogen and oxygen atoms in total. The van der Waals surface area contributed by atoms with Gasteiger partial charge in [-0.05, 0) is 116 Å². The van der Waals surface area contributed by atoms with Crippen LogP contribution in [0.25, 0.3) is 0 Å². The Morgan fingerprint density at radius 2 is 0.910 bits per heavy atom. The molecule has 0 aromatic heterocycles. The molecule has 0 aliphatic carbocycles. The lowest BCUT2D eigenvalue weighted by molar-refractivity contribution is -0.870. The summed E-state index contributed by atoms with van der Waals surface area (Å²) < 4.78 is 23.1. The number of allylic oxidation sites excluding steroid dienone is 25. The van der Waals surface area contributed by atoms with Gasteiger partial charge in [0.05, 0.1) is 39.9 Å². The second-order valence-corrected chi connectivity index (χ2v) is 18.8. The van der Waals surface area contributed by atoms with Crippen molar-refractivity contribution in [3.8, 4) is 0 Å². The molecule has 0 aliphatic heterocycles. The fourth-order valence-electron chi connectivity index (χ4n) is 5.96. The Hall–Kier alpha value is -3.88. The van der Waals surface area contributed by atoms with Gasteiger partial charge in [-0.2, -0.15) is 0 Å². The van der Waals surface area contributed by atoms with Crippen LogP contribution in [0.15, 0.2) is 158 Å². The molecule has 0 saturated heterocycles. The van der Waals surface area contributed by atoms with Gasteiger partial charge in [0, 0.05) is 6.42 Å². The molecule has 0 aromatic rings. The number of rotatable bonds is 43. The van der Waals surface area contributed by atoms with E-state index in [0.717, 1.165) is 103 Å². The molecule has 2 N–H and O–H groups in total. The third-order valence-electron chi connectivity index (χ3n) is 9.95. The third kappa shape index (κ3) is 49.8. The van der Waals surface area contributed by atoms with E-state index in [9.17, 15) is 19.4 Å². The maximum atomic E-state index is 12.9. The second-order valence-electron chi connectivity index (χ2n) is 17.4. The van der Waals surface area contributed by atoms with Crippen LogP contribution in [-0.2, 0) is 18.4 Å². The van der Waals surface area contributed by atoms with Gasteiger partial charge in [0.1, 0.15) is 13.2 Å². The minimum absolute atomic E-state index is 0.0275. The van der Waals surface area contributed by atoms with Crippen molar-refractivity contribution in [2.45, 2.75) is 161 Å². The number of nitrogens with zero attached hydrogens (tertiary/aromatic N) is 1. The number of amides is 1. The predicted molar refractivity (Wildman–Crippen MR) is 287 cm³/mol. The largest absolute Gasteiger partial charge is 0.756 e. The van der Waals surface area contributed by atoms with Crippen molar-refractivity contribution in [1.82, 2.24) is 5.32 Å². The summed E-state index contributed by atoms with van der Waals surface area (Å²) in [6.07, 6.45) is 74.6.